The molecule has 0 atom stereocenters. The molecule has 2 aromatic heterocycles. The molecule has 1 N–H and O–H groups in total. The fraction of sp³-hybridized carbons (Fsp3) is 0.0909. The maximum absolute atomic E-state index is 11.8. The van der Waals surface area contributed by atoms with Gasteiger partial charge in [-0.25, -0.2) is 0 Å². The Balaban J connectivity index is 1.87. The predicted octanol–water partition coefficient (Wildman–Crippen LogP) is 1.86. The average Bonchev–Trinajstić information content (AvgIpc) is 2.94. The van der Waals surface area contributed by atoms with Crippen LogP contribution >= 0.6 is 11.6 Å². The maximum atomic E-state index is 11.8. The van der Waals surface area contributed by atoms with E-state index >= 15 is 0 Å². The Hall–Kier alpha value is -2.41. The number of nitrogens with zero attached hydrogens (tertiary/aromatic N) is 4. The number of rotatable bonds is 2. The summed E-state index contributed by atoms with van der Waals surface area (Å²) in [4.78, 5) is 15.9. The lowest BCUT2D eigenvalue weighted by molar-refractivity contribution is 0.101. The summed E-state index contributed by atoms with van der Waals surface area (Å²) >= 11 is 5.84. The number of anilines is 1. The maximum Gasteiger partial charge on any atom is 0.302 e. The van der Waals surface area contributed by atoms with Crippen LogP contribution in [0.3, 0.4) is 0 Å². The van der Waals surface area contributed by atoms with Gasteiger partial charge in [0.25, 0.3) is 5.91 Å². The number of carbonyl (C=O) groups excluding carboxylic acids is 1. The van der Waals surface area contributed by atoms with Gasteiger partial charge in [0.2, 0.25) is 0 Å². The zero-order chi connectivity index (χ0) is 13.4. The number of aryl methyl sites for hydroxylation is 1. The lowest BCUT2D eigenvalue weighted by Crippen LogP contribution is -2.12. The summed E-state index contributed by atoms with van der Waals surface area (Å²) in [6, 6.07) is 5.11. The van der Waals surface area contributed by atoms with E-state index < -0.39 is 5.91 Å². The van der Waals surface area contributed by atoms with Gasteiger partial charge in [-0.05, 0) is 18.2 Å². The van der Waals surface area contributed by atoms with Crippen LogP contribution in [-0.4, -0.2) is 25.9 Å². The minimum atomic E-state index is -0.439. The van der Waals surface area contributed by atoms with E-state index in [-0.39, 0.29) is 11.7 Å². The molecule has 2 heterocycles. The van der Waals surface area contributed by atoms with Crippen LogP contribution in [0.2, 0.25) is 5.02 Å². The smallest absolute Gasteiger partial charge is 0.302 e. The first-order valence-electron chi connectivity index (χ1n) is 5.35. The molecule has 0 aliphatic carbocycles. The number of fused-ring (bicyclic) bond motifs is 1. The molecule has 1 aromatic carbocycles. The van der Waals surface area contributed by atoms with Gasteiger partial charge >= 0.3 is 6.01 Å². The van der Waals surface area contributed by atoms with Crippen molar-refractivity contribution in [2.24, 2.45) is 7.05 Å². The van der Waals surface area contributed by atoms with E-state index in [0.717, 1.165) is 0 Å². The van der Waals surface area contributed by atoms with E-state index in [1.165, 1.54) is 10.9 Å². The minimum Gasteiger partial charge on any atom is -0.423 e. The first-order valence-corrected chi connectivity index (χ1v) is 5.73. The van der Waals surface area contributed by atoms with Crippen LogP contribution in [0.5, 0.6) is 0 Å². The Kier molecular flexibility index (Phi) is 2.68. The fourth-order valence-corrected chi connectivity index (χ4v) is 1.73. The van der Waals surface area contributed by atoms with Crippen LogP contribution in [-0.2, 0) is 7.05 Å². The van der Waals surface area contributed by atoms with Gasteiger partial charge in [-0.3, -0.25) is 14.8 Å². The van der Waals surface area contributed by atoms with Crippen molar-refractivity contribution >= 4 is 34.6 Å². The van der Waals surface area contributed by atoms with Crippen LogP contribution in [0, 0.1) is 0 Å². The number of carbonyl (C=O) groups is 1. The number of halogens is 1. The monoisotopic (exact) mass is 277 g/mol. The van der Waals surface area contributed by atoms with E-state index in [0.29, 0.717) is 16.1 Å². The Morgan fingerprint density at radius 1 is 1.47 bits per heavy atom. The molecule has 7 nitrogen and oxygen atoms in total. The van der Waals surface area contributed by atoms with Gasteiger partial charge in [-0.1, -0.05) is 16.8 Å². The lowest BCUT2D eigenvalue weighted by Gasteiger charge is -1.94. The summed E-state index contributed by atoms with van der Waals surface area (Å²) in [5.41, 5.74) is 1.29. The number of hydrogen-bond donors (Lipinski definition) is 1. The highest BCUT2D eigenvalue weighted by atomic mass is 35.5. The van der Waals surface area contributed by atoms with E-state index in [4.69, 9.17) is 16.0 Å². The first-order chi connectivity index (χ1) is 9.11. The number of aromatic nitrogens is 4. The van der Waals surface area contributed by atoms with Gasteiger partial charge in [-0.15, -0.1) is 5.10 Å². The summed E-state index contributed by atoms with van der Waals surface area (Å²) in [6.07, 6.45) is 1.49. The molecule has 0 spiro atoms. The topological polar surface area (TPSA) is 85.8 Å². The van der Waals surface area contributed by atoms with Gasteiger partial charge in [-0.2, -0.15) is 4.98 Å². The molecule has 0 saturated heterocycles. The normalized spacial score (nSPS) is 10.8. The highest BCUT2D eigenvalue weighted by molar-refractivity contribution is 6.31. The standard InChI is InChI=1S/C11H8ClN5O2/c1-17-5-8(15-16-17)10(18)14-11-13-7-4-6(12)2-3-9(7)19-11/h2-5H,1H3,(H,13,14,18). The third-order valence-corrected chi connectivity index (χ3v) is 2.64. The van der Waals surface area contributed by atoms with E-state index in [2.05, 4.69) is 20.6 Å². The summed E-state index contributed by atoms with van der Waals surface area (Å²) in [6.45, 7) is 0. The van der Waals surface area contributed by atoms with Crippen molar-refractivity contribution in [1.82, 2.24) is 20.0 Å². The van der Waals surface area contributed by atoms with Crippen molar-refractivity contribution in [3.63, 3.8) is 0 Å². The van der Waals surface area contributed by atoms with Crippen molar-refractivity contribution in [3.8, 4) is 0 Å². The second kappa shape index (κ2) is 4.36. The molecule has 0 fully saturated rings. The number of amides is 1. The zero-order valence-electron chi connectivity index (χ0n) is 9.79. The van der Waals surface area contributed by atoms with Crippen molar-refractivity contribution in [3.05, 3.63) is 35.1 Å². The number of oxazole rings is 1. The Bertz CT molecular complexity index is 763. The van der Waals surface area contributed by atoms with Crippen molar-refractivity contribution < 1.29 is 9.21 Å². The van der Waals surface area contributed by atoms with E-state index in [1.807, 2.05) is 0 Å². The molecular formula is C11H8ClN5O2. The minimum absolute atomic E-state index is 0.0907. The third kappa shape index (κ3) is 2.27. The highest BCUT2D eigenvalue weighted by Crippen LogP contribution is 2.22. The number of benzene rings is 1. The van der Waals surface area contributed by atoms with Gasteiger partial charge in [0.15, 0.2) is 11.3 Å². The van der Waals surface area contributed by atoms with Crippen molar-refractivity contribution in [2.45, 2.75) is 0 Å². The molecule has 96 valence electrons. The Morgan fingerprint density at radius 3 is 3.05 bits per heavy atom. The molecule has 3 rings (SSSR count). The molecule has 3 aromatic rings. The van der Waals surface area contributed by atoms with Gasteiger partial charge in [0, 0.05) is 12.1 Å². The second-order valence-electron chi connectivity index (χ2n) is 3.86. The highest BCUT2D eigenvalue weighted by Gasteiger charge is 2.14. The van der Waals surface area contributed by atoms with Crippen LogP contribution < -0.4 is 5.32 Å². The van der Waals surface area contributed by atoms with Gasteiger partial charge in [0.05, 0.1) is 6.20 Å². The van der Waals surface area contributed by atoms with Gasteiger partial charge < -0.3 is 4.42 Å². The largest absolute Gasteiger partial charge is 0.423 e. The SMILES string of the molecule is Cn1cc(C(=O)Nc2nc3cc(Cl)ccc3o2)nn1. The molecular weight excluding hydrogens is 270 g/mol. The van der Waals surface area contributed by atoms with E-state index in [9.17, 15) is 4.79 Å². The molecule has 0 saturated carbocycles. The predicted molar refractivity (Wildman–Crippen MR) is 68.0 cm³/mol. The van der Waals surface area contributed by atoms with Crippen LogP contribution in [0.15, 0.2) is 28.8 Å². The molecule has 0 radical (unpaired) electrons. The quantitative estimate of drug-likeness (QED) is 0.773. The molecule has 0 bridgehead atoms. The van der Waals surface area contributed by atoms with Crippen LogP contribution in [0.1, 0.15) is 10.5 Å². The van der Waals surface area contributed by atoms with Crippen molar-refractivity contribution in [1.29, 1.82) is 0 Å². The number of nitrogens with one attached hydrogen (secondary N) is 1. The summed E-state index contributed by atoms with van der Waals surface area (Å²) in [5, 5.41) is 10.4. The molecule has 0 unspecified atom stereocenters. The molecule has 8 heteroatoms. The number of hydrogen-bond acceptors (Lipinski definition) is 5. The van der Waals surface area contributed by atoms with E-state index in [1.54, 1.807) is 25.2 Å². The zero-order valence-corrected chi connectivity index (χ0v) is 10.5. The molecule has 1 amide bonds. The lowest BCUT2D eigenvalue weighted by atomic mass is 10.3. The molecule has 19 heavy (non-hydrogen) atoms. The third-order valence-electron chi connectivity index (χ3n) is 2.41. The first kappa shape index (κ1) is 11.7. The Morgan fingerprint density at radius 2 is 2.32 bits per heavy atom. The summed E-state index contributed by atoms with van der Waals surface area (Å²) in [5.74, 6) is -0.439. The summed E-state index contributed by atoms with van der Waals surface area (Å²) < 4.78 is 6.80. The Labute approximate surface area is 112 Å². The van der Waals surface area contributed by atoms with Gasteiger partial charge in [0.1, 0.15) is 5.52 Å². The van der Waals surface area contributed by atoms with Crippen LogP contribution in [0.25, 0.3) is 11.1 Å². The molecule has 0 aliphatic heterocycles. The second-order valence-corrected chi connectivity index (χ2v) is 4.30. The van der Waals surface area contributed by atoms with Crippen molar-refractivity contribution in [2.75, 3.05) is 5.32 Å². The molecule has 0 aliphatic rings. The van der Waals surface area contributed by atoms with Crippen LogP contribution in [0.4, 0.5) is 6.01 Å². The summed E-state index contributed by atoms with van der Waals surface area (Å²) in [7, 11) is 1.67. The average molecular weight is 278 g/mol. The fourth-order valence-electron chi connectivity index (χ4n) is 1.57.